The van der Waals surface area contributed by atoms with Gasteiger partial charge in [0.2, 0.25) is 5.91 Å². The zero-order chi connectivity index (χ0) is 23.3. The van der Waals surface area contributed by atoms with Gasteiger partial charge in [-0.3, -0.25) is 14.7 Å². The molecule has 0 radical (unpaired) electrons. The van der Waals surface area contributed by atoms with Crippen molar-refractivity contribution in [3.8, 4) is 22.2 Å². The van der Waals surface area contributed by atoms with Gasteiger partial charge in [-0.05, 0) is 56.8 Å². The van der Waals surface area contributed by atoms with Crippen LogP contribution in [0, 0.1) is 5.92 Å². The van der Waals surface area contributed by atoms with Gasteiger partial charge in [0.1, 0.15) is 22.2 Å². The molecule has 178 valence electrons. The molecule has 2 aliphatic heterocycles. The zero-order valence-corrected chi connectivity index (χ0v) is 20.3. The molecule has 9 heteroatoms. The number of likely N-dealkylation sites (tertiary alicyclic amines) is 1. The van der Waals surface area contributed by atoms with Gasteiger partial charge in [-0.25, -0.2) is 15.0 Å². The molecule has 2 fully saturated rings. The number of aromatic nitrogens is 4. The van der Waals surface area contributed by atoms with E-state index < -0.39 is 0 Å². The van der Waals surface area contributed by atoms with E-state index >= 15 is 0 Å². The molecule has 0 bridgehead atoms. The molecule has 5 rings (SSSR count). The summed E-state index contributed by atoms with van der Waals surface area (Å²) in [6.45, 7) is 4.78. The number of pyridine rings is 1. The van der Waals surface area contributed by atoms with Crippen LogP contribution in [0.25, 0.3) is 22.2 Å². The Morgan fingerprint density at radius 1 is 1.18 bits per heavy atom. The standard InChI is InChI=1S/C25H31N7OS/c1-17(18-8-6-11-26-18)21-9-3-5-13-32(21)16-23(33)30-22-15-20(25-28-12-14-34-25)29-24(31-22)19-7-2-4-10-27-19/h2,4,7,10,12,14-15,17-18,21,26H,3,5-6,8-9,11,13,16H2,1H3,(H,29,30,31,33)/t17-,18?,21?/m0/s1. The van der Waals surface area contributed by atoms with E-state index in [1.165, 1.54) is 30.6 Å². The van der Waals surface area contributed by atoms with Crippen LogP contribution in [0.15, 0.2) is 42.0 Å². The van der Waals surface area contributed by atoms with Crippen molar-refractivity contribution in [3.63, 3.8) is 0 Å². The van der Waals surface area contributed by atoms with E-state index in [2.05, 4.69) is 42.4 Å². The highest BCUT2D eigenvalue weighted by Crippen LogP contribution is 2.29. The average molecular weight is 478 g/mol. The summed E-state index contributed by atoms with van der Waals surface area (Å²) in [5.74, 6) is 1.43. The van der Waals surface area contributed by atoms with Gasteiger partial charge < -0.3 is 10.6 Å². The Balaban J connectivity index is 1.33. The van der Waals surface area contributed by atoms with Crippen molar-refractivity contribution in [2.24, 2.45) is 5.92 Å². The number of hydrogen-bond donors (Lipinski definition) is 2. The fourth-order valence-corrected chi connectivity index (χ4v) is 5.78. The molecule has 2 aliphatic rings. The second-order valence-corrected chi connectivity index (χ2v) is 10.1. The molecule has 2 unspecified atom stereocenters. The number of carbonyl (C=O) groups is 1. The highest BCUT2D eigenvalue weighted by Gasteiger charge is 2.34. The second kappa shape index (κ2) is 10.7. The first kappa shape index (κ1) is 23.0. The van der Waals surface area contributed by atoms with E-state index in [0.717, 1.165) is 30.9 Å². The summed E-state index contributed by atoms with van der Waals surface area (Å²) in [5, 5.41) is 9.38. The number of thiazole rings is 1. The molecule has 0 spiro atoms. The van der Waals surface area contributed by atoms with E-state index in [1.807, 2.05) is 23.6 Å². The second-order valence-electron chi connectivity index (χ2n) is 9.16. The van der Waals surface area contributed by atoms with Crippen LogP contribution in [0.4, 0.5) is 5.82 Å². The normalized spacial score (nSPS) is 21.9. The summed E-state index contributed by atoms with van der Waals surface area (Å²) < 4.78 is 0. The maximum atomic E-state index is 13.2. The number of carbonyl (C=O) groups excluding carboxylic acids is 1. The Hall–Kier alpha value is -2.75. The van der Waals surface area contributed by atoms with E-state index in [4.69, 9.17) is 0 Å². The summed E-state index contributed by atoms with van der Waals surface area (Å²) in [6.07, 6.45) is 9.46. The smallest absolute Gasteiger partial charge is 0.239 e. The molecule has 3 aromatic rings. The molecular formula is C25H31N7OS. The summed E-state index contributed by atoms with van der Waals surface area (Å²) in [7, 11) is 0. The summed E-state index contributed by atoms with van der Waals surface area (Å²) in [4.78, 5) is 33.6. The molecule has 34 heavy (non-hydrogen) atoms. The lowest BCUT2D eigenvalue weighted by molar-refractivity contribution is -0.118. The largest absolute Gasteiger partial charge is 0.314 e. The first-order valence-electron chi connectivity index (χ1n) is 12.1. The van der Waals surface area contributed by atoms with E-state index in [0.29, 0.717) is 47.6 Å². The average Bonchev–Trinajstić information content (AvgIpc) is 3.59. The fraction of sp³-hybridized carbons (Fsp3) is 0.480. The van der Waals surface area contributed by atoms with Gasteiger partial charge in [0.15, 0.2) is 5.82 Å². The minimum absolute atomic E-state index is 0.0470. The van der Waals surface area contributed by atoms with Crippen LogP contribution < -0.4 is 10.6 Å². The molecule has 3 aromatic heterocycles. The van der Waals surface area contributed by atoms with E-state index in [1.54, 1.807) is 18.5 Å². The Bertz CT molecular complexity index is 1090. The van der Waals surface area contributed by atoms with Crippen molar-refractivity contribution < 1.29 is 4.79 Å². The highest BCUT2D eigenvalue weighted by molar-refractivity contribution is 7.13. The Morgan fingerprint density at radius 2 is 2.12 bits per heavy atom. The lowest BCUT2D eigenvalue weighted by atomic mass is 9.86. The third kappa shape index (κ3) is 5.32. The molecule has 3 atom stereocenters. The van der Waals surface area contributed by atoms with Crippen molar-refractivity contribution in [2.45, 2.75) is 51.1 Å². The summed E-state index contributed by atoms with van der Waals surface area (Å²) in [6, 6.07) is 8.39. The summed E-state index contributed by atoms with van der Waals surface area (Å²) in [5.41, 5.74) is 1.34. The predicted octanol–water partition coefficient (Wildman–Crippen LogP) is 3.84. The third-order valence-corrected chi connectivity index (χ3v) is 7.69. The number of nitrogens with zero attached hydrogens (tertiary/aromatic N) is 5. The first-order chi connectivity index (χ1) is 16.7. The molecule has 2 saturated heterocycles. The Labute approximate surface area is 204 Å². The van der Waals surface area contributed by atoms with Crippen molar-refractivity contribution in [2.75, 3.05) is 25.0 Å². The van der Waals surface area contributed by atoms with E-state index in [-0.39, 0.29) is 5.91 Å². The fourth-order valence-electron chi connectivity index (χ4n) is 5.18. The quantitative estimate of drug-likeness (QED) is 0.534. The molecule has 8 nitrogen and oxygen atoms in total. The van der Waals surface area contributed by atoms with Gasteiger partial charge in [-0.15, -0.1) is 11.3 Å². The number of nitrogens with one attached hydrogen (secondary N) is 2. The van der Waals surface area contributed by atoms with Crippen LogP contribution in [0.5, 0.6) is 0 Å². The molecule has 2 N–H and O–H groups in total. The van der Waals surface area contributed by atoms with Crippen molar-refractivity contribution in [1.82, 2.24) is 30.2 Å². The Morgan fingerprint density at radius 3 is 2.88 bits per heavy atom. The molecule has 0 saturated carbocycles. The van der Waals surface area contributed by atoms with Crippen LogP contribution in [0.1, 0.15) is 39.0 Å². The van der Waals surface area contributed by atoms with Gasteiger partial charge in [-0.2, -0.15) is 0 Å². The van der Waals surface area contributed by atoms with Crippen molar-refractivity contribution in [1.29, 1.82) is 0 Å². The Kier molecular flexibility index (Phi) is 7.22. The van der Waals surface area contributed by atoms with Crippen LogP contribution in [0.3, 0.4) is 0 Å². The van der Waals surface area contributed by atoms with Crippen molar-refractivity contribution in [3.05, 3.63) is 42.0 Å². The minimum Gasteiger partial charge on any atom is -0.314 e. The lowest BCUT2D eigenvalue weighted by Gasteiger charge is -2.41. The molecule has 0 aromatic carbocycles. The SMILES string of the molecule is C[C@@H](C1CCCN1)C1CCCCN1CC(=O)Nc1cc(-c2nccs2)nc(-c2ccccn2)n1. The molecule has 1 amide bonds. The van der Waals surface area contributed by atoms with Crippen molar-refractivity contribution >= 4 is 23.1 Å². The van der Waals surface area contributed by atoms with Gasteiger partial charge in [-0.1, -0.05) is 19.4 Å². The number of rotatable bonds is 7. The number of amides is 1. The zero-order valence-electron chi connectivity index (χ0n) is 19.5. The number of hydrogen-bond acceptors (Lipinski definition) is 8. The van der Waals surface area contributed by atoms with Gasteiger partial charge in [0.25, 0.3) is 0 Å². The minimum atomic E-state index is -0.0470. The first-order valence-corrected chi connectivity index (χ1v) is 13.0. The molecule has 5 heterocycles. The topological polar surface area (TPSA) is 95.9 Å². The van der Waals surface area contributed by atoms with E-state index in [9.17, 15) is 4.79 Å². The maximum Gasteiger partial charge on any atom is 0.239 e. The highest BCUT2D eigenvalue weighted by atomic mass is 32.1. The third-order valence-electron chi connectivity index (χ3n) is 6.89. The van der Waals surface area contributed by atoms with Crippen LogP contribution in [-0.2, 0) is 4.79 Å². The summed E-state index contributed by atoms with van der Waals surface area (Å²) >= 11 is 1.50. The number of anilines is 1. The van der Waals surface area contributed by atoms with Gasteiger partial charge >= 0.3 is 0 Å². The maximum absolute atomic E-state index is 13.2. The van der Waals surface area contributed by atoms with Crippen LogP contribution >= 0.6 is 11.3 Å². The monoisotopic (exact) mass is 477 g/mol. The lowest BCUT2D eigenvalue weighted by Crippen LogP contribution is -2.51. The van der Waals surface area contributed by atoms with Crippen LogP contribution in [-0.4, -0.2) is 62.5 Å². The molecular weight excluding hydrogens is 446 g/mol. The predicted molar refractivity (Wildman–Crippen MR) is 134 cm³/mol. The molecule has 0 aliphatic carbocycles. The van der Waals surface area contributed by atoms with Crippen LogP contribution in [0.2, 0.25) is 0 Å². The van der Waals surface area contributed by atoms with Gasteiger partial charge in [0.05, 0.1) is 6.54 Å². The van der Waals surface area contributed by atoms with Gasteiger partial charge in [0, 0.05) is 35.9 Å². The number of piperidine rings is 1.